The Morgan fingerprint density at radius 2 is 1.96 bits per heavy atom. The second kappa shape index (κ2) is 7.90. The van der Waals surface area contributed by atoms with E-state index < -0.39 is 0 Å². The number of carbonyl (C=O) groups excluding carboxylic acids is 1. The van der Waals surface area contributed by atoms with Gasteiger partial charge in [0.15, 0.2) is 0 Å². The number of carbonyl (C=O) groups is 1. The molecule has 2 fully saturated rings. The number of hydrogen-bond acceptors (Lipinski definition) is 4. The molecule has 2 aliphatic heterocycles. The van der Waals surface area contributed by atoms with Crippen molar-refractivity contribution in [3.63, 3.8) is 0 Å². The average Bonchev–Trinajstić information content (AvgIpc) is 2.61. The predicted octanol–water partition coefficient (Wildman–Crippen LogP) is 1.70. The van der Waals surface area contributed by atoms with Crippen LogP contribution in [0.5, 0.6) is 0 Å². The second-order valence-electron chi connectivity index (χ2n) is 6.31. The van der Waals surface area contributed by atoms with E-state index in [-0.39, 0.29) is 18.1 Å². The highest BCUT2D eigenvalue weighted by Crippen LogP contribution is 2.26. The molecule has 2 heterocycles. The molecule has 0 bridgehead atoms. The highest BCUT2D eigenvalue weighted by molar-refractivity contribution is 5.76. The third-order valence-electron chi connectivity index (χ3n) is 4.63. The Balaban J connectivity index is 1.59. The van der Waals surface area contributed by atoms with Crippen LogP contribution in [0.2, 0.25) is 0 Å². The van der Waals surface area contributed by atoms with Crippen molar-refractivity contribution in [2.45, 2.75) is 25.5 Å². The SMILES string of the molecule is C[C@H]1CN(CCC(=O)N2CCOCC2)[C@H](c2ccccc2)CO1. The summed E-state index contributed by atoms with van der Waals surface area (Å²) in [5.74, 6) is 0.235. The first-order chi connectivity index (χ1) is 11.2. The molecule has 1 aromatic rings. The zero-order valence-electron chi connectivity index (χ0n) is 13.8. The van der Waals surface area contributed by atoms with Crippen LogP contribution in [-0.2, 0) is 14.3 Å². The van der Waals surface area contributed by atoms with Crippen molar-refractivity contribution in [3.05, 3.63) is 35.9 Å². The lowest BCUT2D eigenvalue weighted by Gasteiger charge is -2.39. The number of nitrogens with zero attached hydrogens (tertiary/aromatic N) is 2. The number of rotatable bonds is 4. The van der Waals surface area contributed by atoms with E-state index in [4.69, 9.17) is 9.47 Å². The summed E-state index contributed by atoms with van der Waals surface area (Å²) in [4.78, 5) is 16.7. The summed E-state index contributed by atoms with van der Waals surface area (Å²) in [6, 6.07) is 10.7. The molecule has 2 aliphatic rings. The van der Waals surface area contributed by atoms with E-state index in [0.717, 1.165) is 26.2 Å². The van der Waals surface area contributed by atoms with Crippen LogP contribution >= 0.6 is 0 Å². The van der Waals surface area contributed by atoms with E-state index in [1.165, 1.54) is 5.56 Å². The summed E-state index contributed by atoms with van der Waals surface area (Å²) in [5, 5.41) is 0. The average molecular weight is 318 g/mol. The molecule has 3 rings (SSSR count). The van der Waals surface area contributed by atoms with Gasteiger partial charge >= 0.3 is 0 Å². The summed E-state index contributed by atoms with van der Waals surface area (Å²) in [6.45, 7) is 7.20. The molecule has 2 saturated heterocycles. The van der Waals surface area contributed by atoms with Gasteiger partial charge in [0.1, 0.15) is 0 Å². The van der Waals surface area contributed by atoms with Gasteiger partial charge in [0.05, 0.1) is 32.0 Å². The lowest BCUT2D eigenvalue weighted by atomic mass is 10.0. The smallest absolute Gasteiger partial charge is 0.224 e. The van der Waals surface area contributed by atoms with Gasteiger partial charge in [0, 0.05) is 32.6 Å². The summed E-state index contributed by atoms with van der Waals surface area (Å²) in [7, 11) is 0. The van der Waals surface area contributed by atoms with Gasteiger partial charge in [0.2, 0.25) is 5.91 Å². The van der Waals surface area contributed by atoms with Crippen molar-refractivity contribution in [2.75, 3.05) is 46.0 Å². The molecule has 1 amide bonds. The second-order valence-corrected chi connectivity index (χ2v) is 6.31. The van der Waals surface area contributed by atoms with E-state index in [2.05, 4.69) is 36.1 Å². The number of hydrogen-bond donors (Lipinski definition) is 0. The normalized spacial score (nSPS) is 26.2. The van der Waals surface area contributed by atoms with Crippen LogP contribution in [0.15, 0.2) is 30.3 Å². The molecule has 23 heavy (non-hydrogen) atoms. The van der Waals surface area contributed by atoms with Gasteiger partial charge < -0.3 is 14.4 Å². The lowest BCUT2D eigenvalue weighted by Crippen LogP contribution is -2.46. The Kier molecular flexibility index (Phi) is 5.65. The fourth-order valence-corrected chi connectivity index (χ4v) is 3.31. The van der Waals surface area contributed by atoms with Gasteiger partial charge in [-0.3, -0.25) is 9.69 Å². The number of ether oxygens (including phenoxy) is 2. The molecule has 0 aromatic heterocycles. The molecule has 5 nitrogen and oxygen atoms in total. The van der Waals surface area contributed by atoms with Crippen LogP contribution in [0.25, 0.3) is 0 Å². The van der Waals surface area contributed by atoms with E-state index in [0.29, 0.717) is 26.2 Å². The molecule has 0 unspecified atom stereocenters. The van der Waals surface area contributed by atoms with Gasteiger partial charge in [0.25, 0.3) is 0 Å². The highest BCUT2D eigenvalue weighted by Gasteiger charge is 2.28. The number of amides is 1. The van der Waals surface area contributed by atoms with Crippen molar-refractivity contribution >= 4 is 5.91 Å². The van der Waals surface area contributed by atoms with E-state index >= 15 is 0 Å². The van der Waals surface area contributed by atoms with Crippen LogP contribution in [-0.4, -0.2) is 67.8 Å². The monoisotopic (exact) mass is 318 g/mol. The third kappa shape index (κ3) is 4.31. The highest BCUT2D eigenvalue weighted by atomic mass is 16.5. The third-order valence-corrected chi connectivity index (χ3v) is 4.63. The summed E-state index contributed by atoms with van der Waals surface area (Å²) >= 11 is 0. The first-order valence-electron chi connectivity index (χ1n) is 8.50. The standard InChI is InChI=1S/C18H26N2O3/c1-15-13-20(8-7-18(21)19-9-11-22-12-10-19)17(14-23-15)16-5-3-2-4-6-16/h2-6,15,17H,7-14H2,1H3/t15-,17-/m0/s1. The minimum absolute atomic E-state index is 0.216. The maximum absolute atomic E-state index is 12.4. The minimum atomic E-state index is 0.216. The molecule has 2 atom stereocenters. The summed E-state index contributed by atoms with van der Waals surface area (Å²) in [5.41, 5.74) is 1.26. The molecule has 0 aliphatic carbocycles. The zero-order chi connectivity index (χ0) is 16.1. The number of benzene rings is 1. The van der Waals surface area contributed by atoms with Crippen molar-refractivity contribution in [2.24, 2.45) is 0 Å². The molecule has 5 heteroatoms. The molecular formula is C18H26N2O3. The Bertz CT molecular complexity index is 502. The summed E-state index contributed by atoms with van der Waals surface area (Å²) < 4.78 is 11.2. The van der Waals surface area contributed by atoms with Crippen LogP contribution in [0.4, 0.5) is 0 Å². The minimum Gasteiger partial charge on any atom is -0.378 e. The van der Waals surface area contributed by atoms with Gasteiger partial charge in [-0.1, -0.05) is 30.3 Å². The van der Waals surface area contributed by atoms with Crippen LogP contribution in [0, 0.1) is 0 Å². The van der Waals surface area contributed by atoms with Crippen LogP contribution in [0.3, 0.4) is 0 Å². The molecule has 0 spiro atoms. The van der Waals surface area contributed by atoms with Gasteiger partial charge in [-0.25, -0.2) is 0 Å². The van der Waals surface area contributed by atoms with Gasteiger partial charge in [-0.15, -0.1) is 0 Å². The Labute approximate surface area is 138 Å². The quantitative estimate of drug-likeness (QED) is 0.847. The number of morpholine rings is 2. The Morgan fingerprint density at radius 3 is 2.70 bits per heavy atom. The van der Waals surface area contributed by atoms with Gasteiger partial charge in [-0.2, -0.15) is 0 Å². The molecular weight excluding hydrogens is 292 g/mol. The van der Waals surface area contributed by atoms with E-state index in [9.17, 15) is 4.79 Å². The fraction of sp³-hybridized carbons (Fsp3) is 0.611. The molecule has 0 saturated carbocycles. The zero-order valence-corrected chi connectivity index (χ0v) is 13.8. The molecule has 0 radical (unpaired) electrons. The van der Waals surface area contributed by atoms with Crippen molar-refractivity contribution in [1.29, 1.82) is 0 Å². The maximum atomic E-state index is 12.4. The van der Waals surface area contributed by atoms with Crippen molar-refractivity contribution < 1.29 is 14.3 Å². The van der Waals surface area contributed by atoms with Crippen LogP contribution < -0.4 is 0 Å². The Morgan fingerprint density at radius 1 is 1.22 bits per heavy atom. The lowest BCUT2D eigenvalue weighted by molar-refractivity contribution is -0.136. The van der Waals surface area contributed by atoms with Crippen molar-refractivity contribution in [3.8, 4) is 0 Å². The topological polar surface area (TPSA) is 42.0 Å². The Hall–Kier alpha value is -1.43. The van der Waals surface area contributed by atoms with Crippen molar-refractivity contribution in [1.82, 2.24) is 9.80 Å². The van der Waals surface area contributed by atoms with Crippen LogP contribution in [0.1, 0.15) is 24.9 Å². The van der Waals surface area contributed by atoms with Gasteiger partial charge in [-0.05, 0) is 12.5 Å². The molecule has 1 aromatic carbocycles. The maximum Gasteiger partial charge on any atom is 0.224 e. The summed E-state index contributed by atoms with van der Waals surface area (Å²) in [6.07, 6.45) is 0.782. The molecule has 0 N–H and O–H groups in total. The first-order valence-corrected chi connectivity index (χ1v) is 8.50. The fourth-order valence-electron chi connectivity index (χ4n) is 3.31. The van der Waals surface area contributed by atoms with E-state index in [1.807, 2.05) is 11.0 Å². The largest absolute Gasteiger partial charge is 0.378 e. The first kappa shape index (κ1) is 16.4. The molecule has 126 valence electrons. The van der Waals surface area contributed by atoms with E-state index in [1.54, 1.807) is 0 Å². The predicted molar refractivity (Wildman–Crippen MR) is 88.2 cm³/mol.